The van der Waals surface area contributed by atoms with E-state index in [1.54, 1.807) is 17.0 Å². The number of H-pyrrole nitrogens is 1. The molecule has 0 radical (unpaired) electrons. The van der Waals surface area contributed by atoms with Gasteiger partial charge >= 0.3 is 0 Å². The summed E-state index contributed by atoms with van der Waals surface area (Å²) in [6.07, 6.45) is 5.03. The van der Waals surface area contributed by atoms with E-state index in [0.717, 1.165) is 11.3 Å². The lowest BCUT2D eigenvalue weighted by atomic mass is 10.3. The molecule has 4 rings (SSSR count). The van der Waals surface area contributed by atoms with Crippen LogP contribution in [0.5, 0.6) is 0 Å². The van der Waals surface area contributed by atoms with Crippen LogP contribution in [0.1, 0.15) is 5.56 Å². The van der Waals surface area contributed by atoms with Gasteiger partial charge < -0.3 is 0 Å². The van der Waals surface area contributed by atoms with Crippen molar-refractivity contribution in [2.75, 3.05) is 0 Å². The molecule has 6 nitrogen and oxygen atoms in total. The number of para-hydroxylation sites is 1. The molecule has 3 aromatic heterocycles. The van der Waals surface area contributed by atoms with E-state index in [1.807, 2.05) is 42.5 Å². The first-order chi connectivity index (χ1) is 11.8. The van der Waals surface area contributed by atoms with Gasteiger partial charge in [0.05, 0.1) is 11.9 Å². The van der Waals surface area contributed by atoms with Gasteiger partial charge in [-0.25, -0.2) is 4.98 Å². The Labute approximate surface area is 141 Å². The molecule has 0 bridgehead atoms. The number of hydrogen-bond donors (Lipinski definition) is 1. The largest absolute Gasteiger partial charge is 0.269 e. The monoisotopic (exact) mass is 335 g/mol. The maximum absolute atomic E-state index is 12.9. The number of fused-ring (bicyclic) bond motifs is 1. The summed E-state index contributed by atoms with van der Waals surface area (Å²) >= 11 is 1.50. The molecular formula is C17H13N5OS. The van der Waals surface area contributed by atoms with Crippen LogP contribution in [0.4, 0.5) is 0 Å². The van der Waals surface area contributed by atoms with Gasteiger partial charge in [0.2, 0.25) is 0 Å². The fourth-order valence-electron chi connectivity index (χ4n) is 2.40. The van der Waals surface area contributed by atoms with Gasteiger partial charge in [-0.3, -0.25) is 19.4 Å². The summed E-state index contributed by atoms with van der Waals surface area (Å²) in [6, 6.07) is 13.4. The Bertz CT molecular complexity index is 1030. The second kappa shape index (κ2) is 6.29. The van der Waals surface area contributed by atoms with Crippen LogP contribution < -0.4 is 5.56 Å². The maximum Gasteiger partial charge on any atom is 0.269 e. The van der Waals surface area contributed by atoms with E-state index >= 15 is 0 Å². The summed E-state index contributed by atoms with van der Waals surface area (Å²) in [5.74, 6) is 0.696. The smallest absolute Gasteiger partial charge is 0.268 e. The molecular weight excluding hydrogens is 322 g/mol. The van der Waals surface area contributed by atoms with Gasteiger partial charge in [-0.05, 0) is 29.8 Å². The molecule has 7 heteroatoms. The average molecular weight is 335 g/mol. The number of nitrogens with zero attached hydrogens (tertiary/aromatic N) is 4. The topological polar surface area (TPSA) is 76.5 Å². The summed E-state index contributed by atoms with van der Waals surface area (Å²) in [5, 5.41) is 7.82. The maximum atomic E-state index is 12.9. The van der Waals surface area contributed by atoms with E-state index in [9.17, 15) is 4.79 Å². The van der Waals surface area contributed by atoms with Gasteiger partial charge in [0.15, 0.2) is 10.8 Å². The highest BCUT2D eigenvalue weighted by Crippen LogP contribution is 2.23. The van der Waals surface area contributed by atoms with Crippen LogP contribution in [0.25, 0.3) is 16.7 Å². The van der Waals surface area contributed by atoms with Crippen molar-refractivity contribution in [3.63, 3.8) is 0 Å². The molecule has 0 spiro atoms. The van der Waals surface area contributed by atoms with Crippen molar-refractivity contribution in [2.45, 2.75) is 10.9 Å². The molecule has 3 heterocycles. The third-order valence-electron chi connectivity index (χ3n) is 3.58. The Morgan fingerprint density at radius 2 is 1.88 bits per heavy atom. The average Bonchev–Trinajstić information content (AvgIpc) is 3.10. The highest BCUT2D eigenvalue weighted by Gasteiger charge is 2.14. The molecule has 0 saturated carbocycles. The SMILES string of the molecule is O=c1c2cn[nH]c2nc(SCc2ccncc2)n1-c1ccccc1. The third kappa shape index (κ3) is 2.69. The first kappa shape index (κ1) is 14.6. The van der Waals surface area contributed by atoms with Gasteiger partial charge in [-0.15, -0.1) is 0 Å². The van der Waals surface area contributed by atoms with Crippen molar-refractivity contribution in [1.29, 1.82) is 0 Å². The van der Waals surface area contributed by atoms with Gasteiger partial charge in [0, 0.05) is 18.1 Å². The lowest BCUT2D eigenvalue weighted by Gasteiger charge is -2.11. The summed E-state index contributed by atoms with van der Waals surface area (Å²) in [6.45, 7) is 0. The van der Waals surface area contributed by atoms with E-state index in [4.69, 9.17) is 0 Å². The lowest BCUT2D eigenvalue weighted by Crippen LogP contribution is -2.21. The number of thioether (sulfide) groups is 1. The summed E-state index contributed by atoms with van der Waals surface area (Å²) in [5.41, 5.74) is 2.28. The minimum absolute atomic E-state index is 0.128. The molecule has 1 N–H and O–H groups in total. The molecule has 1 aromatic carbocycles. The molecule has 0 atom stereocenters. The highest BCUT2D eigenvalue weighted by molar-refractivity contribution is 7.98. The van der Waals surface area contributed by atoms with Crippen LogP contribution in [-0.4, -0.2) is 24.7 Å². The summed E-state index contributed by atoms with van der Waals surface area (Å²) < 4.78 is 1.63. The Morgan fingerprint density at radius 3 is 2.67 bits per heavy atom. The number of aromatic nitrogens is 5. The lowest BCUT2D eigenvalue weighted by molar-refractivity contribution is 0.816. The third-order valence-corrected chi connectivity index (χ3v) is 4.59. The molecule has 0 amide bonds. The minimum Gasteiger partial charge on any atom is -0.268 e. The first-order valence-electron chi connectivity index (χ1n) is 7.36. The summed E-state index contributed by atoms with van der Waals surface area (Å²) in [7, 11) is 0. The molecule has 0 unspecified atom stereocenters. The van der Waals surface area contributed by atoms with Crippen LogP contribution in [0.2, 0.25) is 0 Å². The number of benzene rings is 1. The molecule has 0 aliphatic heterocycles. The molecule has 0 fully saturated rings. The van der Waals surface area contributed by atoms with Crippen molar-refractivity contribution >= 4 is 22.8 Å². The van der Waals surface area contributed by atoms with Gasteiger partial charge in [-0.2, -0.15) is 5.10 Å². The second-order valence-corrected chi connectivity index (χ2v) is 6.09. The predicted molar refractivity (Wildman–Crippen MR) is 93.3 cm³/mol. The van der Waals surface area contributed by atoms with Crippen molar-refractivity contribution < 1.29 is 0 Å². The summed E-state index contributed by atoms with van der Waals surface area (Å²) in [4.78, 5) is 21.5. The fraction of sp³-hybridized carbons (Fsp3) is 0.0588. The molecule has 0 saturated heterocycles. The Kier molecular flexibility index (Phi) is 3.84. The molecule has 24 heavy (non-hydrogen) atoms. The van der Waals surface area contributed by atoms with E-state index in [1.165, 1.54) is 18.0 Å². The zero-order chi connectivity index (χ0) is 16.4. The van der Waals surface area contributed by atoms with Gasteiger partial charge in [0.1, 0.15) is 5.39 Å². The normalized spacial score (nSPS) is 11.0. The molecule has 4 aromatic rings. The zero-order valence-corrected chi connectivity index (χ0v) is 13.4. The molecule has 118 valence electrons. The van der Waals surface area contributed by atoms with E-state index in [0.29, 0.717) is 21.9 Å². The second-order valence-electron chi connectivity index (χ2n) is 5.15. The quantitative estimate of drug-likeness (QED) is 0.458. The number of pyridine rings is 1. The number of aromatic amines is 1. The zero-order valence-electron chi connectivity index (χ0n) is 12.6. The van der Waals surface area contributed by atoms with Gasteiger partial charge in [0.25, 0.3) is 5.56 Å². The van der Waals surface area contributed by atoms with Crippen molar-refractivity contribution in [2.24, 2.45) is 0 Å². The fourth-order valence-corrected chi connectivity index (χ4v) is 3.36. The Hall–Kier alpha value is -2.93. The molecule has 0 aliphatic carbocycles. The molecule has 0 aliphatic rings. The van der Waals surface area contributed by atoms with Crippen LogP contribution >= 0.6 is 11.8 Å². The van der Waals surface area contributed by atoms with E-state index < -0.39 is 0 Å². The number of rotatable bonds is 4. The Balaban J connectivity index is 1.82. The minimum atomic E-state index is -0.128. The van der Waals surface area contributed by atoms with Crippen molar-refractivity contribution in [3.8, 4) is 5.69 Å². The number of nitrogens with one attached hydrogen (secondary N) is 1. The first-order valence-corrected chi connectivity index (χ1v) is 8.35. The number of hydrogen-bond acceptors (Lipinski definition) is 5. The van der Waals surface area contributed by atoms with Crippen LogP contribution in [0, 0.1) is 0 Å². The standard InChI is InChI=1S/C17H13N5OS/c23-16-14-10-19-21-15(14)20-17(22(16)13-4-2-1-3-5-13)24-11-12-6-8-18-9-7-12/h1-10H,11H2,(H,19,21). The van der Waals surface area contributed by atoms with Gasteiger partial charge in [-0.1, -0.05) is 30.0 Å². The van der Waals surface area contributed by atoms with Crippen LogP contribution in [-0.2, 0) is 5.75 Å². The van der Waals surface area contributed by atoms with Crippen LogP contribution in [0.15, 0.2) is 71.0 Å². The predicted octanol–water partition coefficient (Wildman–Crippen LogP) is 2.80. The van der Waals surface area contributed by atoms with Crippen molar-refractivity contribution in [3.05, 3.63) is 77.0 Å². The van der Waals surface area contributed by atoms with Crippen molar-refractivity contribution in [1.82, 2.24) is 24.7 Å². The van der Waals surface area contributed by atoms with Crippen LogP contribution in [0.3, 0.4) is 0 Å². The highest BCUT2D eigenvalue weighted by atomic mass is 32.2. The van der Waals surface area contributed by atoms with E-state index in [2.05, 4.69) is 20.2 Å². The Morgan fingerprint density at radius 1 is 1.08 bits per heavy atom. The van der Waals surface area contributed by atoms with E-state index in [-0.39, 0.29) is 5.56 Å².